The molecule has 0 fully saturated rings. The van der Waals surface area contributed by atoms with Gasteiger partial charge in [-0.3, -0.25) is 9.36 Å². The molecule has 0 aliphatic carbocycles. The number of benzene rings is 2. The van der Waals surface area contributed by atoms with Gasteiger partial charge in [0.1, 0.15) is 11.3 Å². The molecule has 13 nitrogen and oxygen atoms in total. The number of methoxy groups -OCH3 is 1. The summed E-state index contributed by atoms with van der Waals surface area (Å²) in [4.78, 5) is 52.4. The third-order valence-corrected chi connectivity index (χ3v) is 7.64. The number of para-hydroxylation sites is 1. The summed E-state index contributed by atoms with van der Waals surface area (Å²) in [5.41, 5.74) is 3.98. The molecule has 5 rings (SSSR count). The molecule has 13 heteroatoms. The van der Waals surface area contributed by atoms with E-state index in [2.05, 4.69) is 27.1 Å². The maximum atomic E-state index is 13.8. The number of aromatic nitrogens is 4. The maximum absolute atomic E-state index is 13.8. The number of hydrogen-bond donors (Lipinski definition) is 2. The van der Waals surface area contributed by atoms with Gasteiger partial charge in [0.05, 0.1) is 41.8 Å². The van der Waals surface area contributed by atoms with Gasteiger partial charge in [-0.05, 0) is 57.6 Å². The lowest BCUT2D eigenvalue weighted by atomic mass is 10.0. The van der Waals surface area contributed by atoms with Crippen molar-refractivity contribution in [1.82, 2.24) is 24.0 Å². The molecule has 3 heterocycles. The van der Waals surface area contributed by atoms with Crippen molar-refractivity contribution in [1.29, 1.82) is 0 Å². The fourth-order valence-corrected chi connectivity index (χ4v) is 5.41. The molecule has 0 saturated carbocycles. The van der Waals surface area contributed by atoms with E-state index in [-0.39, 0.29) is 35.5 Å². The molecule has 2 aromatic heterocycles. The van der Waals surface area contributed by atoms with Gasteiger partial charge >= 0.3 is 11.7 Å². The van der Waals surface area contributed by atoms with Crippen molar-refractivity contribution < 1.29 is 19.1 Å². The Kier molecular flexibility index (Phi) is 9.18. The standard InChI is InChI=1S/C32H38N8O5/c1-7-27(41)34-22-17-23(26(44-6)18-25(22)38(5)16-15-37(3)4)35-31-33-19-21(30(42)45-8-2)29(36-31)40-24-13-9-11-20-12-10-14-39(28(20)24)32(40)43/h7,9,11,13,17-19H,1,8,10,12,14-16H2,2-6H3,(H,34,41)(H,33,35,36). The summed E-state index contributed by atoms with van der Waals surface area (Å²) in [7, 11) is 7.44. The smallest absolute Gasteiger partial charge is 0.343 e. The molecule has 2 aromatic carbocycles. The third-order valence-electron chi connectivity index (χ3n) is 7.64. The minimum atomic E-state index is -0.644. The van der Waals surface area contributed by atoms with E-state index in [1.54, 1.807) is 23.6 Å². The van der Waals surface area contributed by atoms with Crippen LogP contribution in [0.15, 0.2) is 54.0 Å². The molecule has 1 amide bonds. The number of amides is 1. The van der Waals surface area contributed by atoms with Crippen LogP contribution in [0.25, 0.3) is 16.9 Å². The predicted octanol–water partition coefficient (Wildman–Crippen LogP) is 3.58. The number of imidazole rings is 1. The Hall–Kier alpha value is -5.17. The molecular weight excluding hydrogens is 576 g/mol. The van der Waals surface area contributed by atoms with Crippen LogP contribution in [0.1, 0.15) is 29.3 Å². The number of rotatable bonds is 12. The average Bonchev–Trinajstić information content (AvgIpc) is 3.32. The van der Waals surface area contributed by atoms with Crippen molar-refractivity contribution in [3.63, 3.8) is 0 Å². The van der Waals surface area contributed by atoms with Crippen LogP contribution < -0.4 is 26.0 Å². The summed E-state index contributed by atoms with van der Waals surface area (Å²) in [6.45, 7) is 7.46. The highest BCUT2D eigenvalue weighted by atomic mass is 16.5. The molecule has 236 valence electrons. The number of aryl methyl sites for hydroxylation is 2. The molecule has 2 N–H and O–H groups in total. The third kappa shape index (κ3) is 6.25. The van der Waals surface area contributed by atoms with Crippen LogP contribution in [0.5, 0.6) is 5.75 Å². The summed E-state index contributed by atoms with van der Waals surface area (Å²) < 4.78 is 14.2. The first kappa shape index (κ1) is 31.3. The number of hydrogen-bond acceptors (Lipinski definition) is 10. The zero-order valence-electron chi connectivity index (χ0n) is 26.2. The molecule has 0 bridgehead atoms. The zero-order valence-corrected chi connectivity index (χ0v) is 26.2. The monoisotopic (exact) mass is 614 g/mol. The van der Waals surface area contributed by atoms with E-state index in [9.17, 15) is 14.4 Å². The van der Waals surface area contributed by atoms with Gasteiger partial charge in [0, 0.05) is 38.9 Å². The number of nitrogens with zero attached hydrogens (tertiary/aromatic N) is 6. The van der Waals surface area contributed by atoms with Gasteiger partial charge in [0.25, 0.3) is 0 Å². The number of esters is 1. The lowest BCUT2D eigenvalue weighted by Gasteiger charge is -2.26. The Balaban J connectivity index is 1.63. The van der Waals surface area contributed by atoms with Gasteiger partial charge in [0.2, 0.25) is 11.9 Å². The number of nitrogens with one attached hydrogen (secondary N) is 2. The lowest BCUT2D eigenvalue weighted by Crippen LogP contribution is -2.29. The van der Waals surface area contributed by atoms with Crippen molar-refractivity contribution in [3.8, 4) is 11.6 Å². The van der Waals surface area contributed by atoms with Crippen LogP contribution in [0.2, 0.25) is 0 Å². The quantitative estimate of drug-likeness (QED) is 0.180. The van der Waals surface area contributed by atoms with E-state index in [1.807, 2.05) is 44.2 Å². The predicted molar refractivity (Wildman–Crippen MR) is 174 cm³/mol. The summed E-state index contributed by atoms with van der Waals surface area (Å²) in [6.07, 6.45) is 4.23. The Bertz CT molecular complexity index is 1830. The van der Waals surface area contributed by atoms with Gasteiger partial charge in [-0.15, -0.1) is 0 Å². The van der Waals surface area contributed by atoms with Gasteiger partial charge in [-0.25, -0.2) is 19.1 Å². The Morgan fingerprint density at radius 2 is 1.96 bits per heavy atom. The number of carbonyl (C=O) groups is 2. The topological polar surface area (TPSA) is 136 Å². The molecule has 0 spiro atoms. The van der Waals surface area contributed by atoms with Gasteiger partial charge in [0.15, 0.2) is 5.82 Å². The molecule has 4 aromatic rings. The van der Waals surface area contributed by atoms with Crippen molar-refractivity contribution in [2.45, 2.75) is 26.3 Å². The fraction of sp³-hybridized carbons (Fsp3) is 0.344. The molecule has 45 heavy (non-hydrogen) atoms. The van der Waals surface area contributed by atoms with Crippen LogP contribution in [0, 0.1) is 0 Å². The highest BCUT2D eigenvalue weighted by Crippen LogP contribution is 2.38. The number of likely N-dealkylation sites (N-methyl/N-ethyl adjacent to an activating group) is 2. The average molecular weight is 615 g/mol. The number of anilines is 4. The van der Waals surface area contributed by atoms with E-state index < -0.39 is 5.97 Å². The second-order valence-corrected chi connectivity index (χ2v) is 10.9. The Morgan fingerprint density at radius 3 is 2.67 bits per heavy atom. The Morgan fingerprint density at radius 1 is 1.16 bits per heavy atom. The zero-order chi connectivity index (χ0) is 32.2. The molecule has 1 aliphatic rings. The van der Waals surface area contributed by atoms with Crippen LogP contribution >= 0.6 is 0 Å². The van der Waals surface area contributed by atoms with Crippen molar-refractivity contribution in [3.05, 3.63) is 70.8 Å². The van der Waals surface area contributed by atoms with Crippen LogP contribution in [0.3, 0.4) is 0 Å². The summed E-state index contributed by atoms with van der Waals surface area (Å²) in [5.74, 6) is -0.363. The van der Waals surface area contributed by atoms with Crippen molar-refractivity contribution in [2.75, 3.05) is 63.5 Å². The van der Waals surface area contributed by atoms with Crippen LogP contribution in [0.4, 0.5) is 23.0 Å². The summed E-state index contributed by atoms with van der Waals surface area (Å²) in [5, 5.41) is 6.04. The van der Waals surface area contributed by atoms with Gasteiger partial charge in [-0.1, -0.05) is 18.7 Å². The SMILES string of the molecule is C=CC(=O)Nc1cc(Nc2ncc(C(=O)OCC)c(-n3c(=O)n4c5c(cccc53)CCC4)n2)c(OC)cc1N(C)CCN(C)C. The van der Waals surface area contributed by atoms with E-state index in [4.69, 9.17) is 14.5 Å². The van der Waals surface area contributed by atoms with Gasteiger partial charge in [-0.2, -0.15) is 4.98 Å². The first-order valence-electron chi connectivity index (χ1n) is 14.7. The van der Waals surface area contributed by atoms with Crippen molar-refractivity contribution >= 4 is 45.9 Å². The Labute approximate surface area is 261 Å². The van der Waals surface area contributed by atoms with Crippen molar-refractivity contribution in [2.24, 2.45) is 0 Å². The molecule has 1 aliphatic heterocycles. The van der Waals surface area contributed by atoms with E-state index in [0.717, 1.165) is 36.2 Å². The first-order valence-corrected chi connectivity index (χ1v) is 14.7. The highest BCUT2D eigenvalue weighted by Gasteiger charge is 2.26. The number of ether oxygens (including phenoxy) is 2. The second kappa shape index (κ2) is 13.2. The summed E-state index contributed by atoms with van der Waals surface area (Å²) >= 11 is 0. The minimum Gasteiger partial charge on any atom is -0.494 e. The molecule has 0 radical (unpaired) electrons. The molecular formula is C32H38N8O5. The normalized spacial score (nSPS) is 12.2. The van der Waals surface area contributed by atoms with E-state index in [1.165, 1.54) is 23.9 Å². The first-order chi connectivity index (χ1) is 21.7. The van der Waals surface area contributed by atoms with Crippen LogP contribution in [-0.2, 0) is 22.5 Å². The molecule has 0 unspecified atom stereocenters. The lowest BCUT2D eigenvalue weighted by molar-refractivity contribution is -0.111. The number of carbonyl (C=O) groups excluding carboxylic acids is 2. The fourth-order valence-electron chi connectivity index (χ4n) is 5.41. The second-order valence-electron chi connectivity index (χ2n) is 10.9. The largest absolute Gasteiger partial charge is 0.494 e. The minimum absolute atomic E-state index is 0.0527. The maximum Gasteiger partial charge on any atom is 0.343 e. The molecule has 0 atom stereocenters. The van der Waals surface area contributed by atoms with E-state index in [0.29, 0.717) is 35.7 Å². The van der Waals surface area contributed by atoms with Gasteiger partial charge < -0.3 is 29.9 Å². The van der Waals surface area contributed by atoms with Crippen LogP contribution in [-0.4, -0.2) is 83.8 Å². The molecule has 0 saturated heterocycles. The highest BCUT2D eigenvalue weighted by molar-refractivity contribution is 6.02. The summed E-state index contributed by atoms with van der Waals surface area (Å²) in [6, 6.07) is 9.28. The van der Waals surface area contributed by atoms with E-state index >= 15 is 0 Å².